The largest absolute Gasteiger partial charge is 0.508 e. The smallest absolute Gasteiger partial charge is 0.210 e. The fourth-order valence-corrected chi connectivity index (χ4v) is 2.97. The molecule has 3 N–H and O–H groups in total. The van der Waals surface area contributed by atoms with E-state index in [2.05, 4.69) is 15.0 Å². The summed E-state index contributed by atoms with van der Waals surface area (Å²) in [6.07, 6.45) is 3.41. The molecule has 0 aliphatic heterocycles. The number of H-pyrrole nitrogens is 2. The van der Waals surface area contributed by atoms with E-state index in [4.69, 9.17) is 0 Å². The first-order valence-corrected chi connectivity index (χ1v) is 8.01. The highest BCUT2D eigenvalue weighted by Gasteiger charge is 2.16. The summed E-state index contributed by atoms with van der Waals surface area (Å²) in [5.41, 5.74) is 4.41. The molecule has 0 unspecified atom stereocenters. The van der Waals surface area contributed by atoms with Gasteiger partial charge in [-0.25, -0.2) is 4.98 Å². The lowest BCUT2D eigenvalue weighted by atomic mass is 10.0. The average molecular weight is 331 g/mol. The minimum atomic E-state index is -0.197. The number of ketones is 1. The first kappa shape index (κ1) is 15.2. The molecule has 5 nitrogen and oxygen atoms in total. The van der Waals surface area contributed by atoms with Gasteiger partial charge < -0.3 is 15.1 Å². The average Bonchev–Trinajstić information content (AvgIpc) is 3.25. The monoisotopic (exact) mass is 331 g/mol. The Morgan fingerprint density at radius 1 is 1.16 bits per heavy atom. The number of carbonyl (C=O) groups is 1. The van der Waals surface area contributed by atoms with E-state index < -0.39 is 0 Å². The molecule has 2 heterocycles. The lowest BCUT2D eigenvalue weighted by molar-refractivity contribution is 0.103. The van der Waals surface area contributed by atoms with Crippen molar-refractivity contribution in [2.45, 2.75) is 13.8 Å². The van der Waals surface area contributed by atoms with Crippen molar-refractivity contribution in [3.63, 3.8) is 0 Å². The van der Waals surface area contributed by atoms with Crippen molar-refractivity contribution in [3.8, 4) is 17.1 Å². The van der Waals surface area contributed by atoms with Gasteiger partial charge in [0.15, 0.2) is 0 Å². The molecule has 124 valence electrons. The zero-order valence-electron chi connectivity index (χ0n) is 13.9. The van der Waals surface area contributed by atoms with E-state index in [1.807, 2.05) is 44.3 Å². The minimum absolute atomic E-state index is 0.125. The second-order valence-corrected chi connectivity index (χ2v) is 6.16. The molecule has 2 aromatic heterocycles. The molecule has 0 saturated heterocycles. The van der Waals surface area contributed by atoms with Gasteiger partial charge in [-0.3, -0.25) is 4.79 Å². The number of aromatic nitrogens is 3. The van der Waals surface area contributed by atoms with Crippen LogP contribution >= 0.6 is 0 Å². The van der Waals surface area contributed by atoms with Crippen LogP contribution in [0.15, 0.2) is 48.8 Å². The van der Waals surface area contributed by atoms with Crippen LogP contribution < -0.4 is 0 Å². The van der Waals surface area contributed by atoms with Crippen molar-refractivity contribution in [1.29, 1.82) is 0 Å². The number of rotatable bonds is 3. The van der Waals surface area contributed by atoms with Gasteiger partial charge in [0.2, 0.25) is 5.78 Å². The molecule has 0 bridgehead atoms. The zero-order chi connectivity index (χ0) is 17.6. The minimum Gasteiger partial charge on any atom is -0.508 e. The van der Waals surface area contributed by atoms with Gasteiger partial charge in [0.05, 0.1) is 6.20 Å². The predicted octanol–water partition coefficient (Wildman–Crippen LogP) is 4.11. The van der Waals surface area contributed by atoms with Crippen LogP contribution in [0.2, 0.25) is 0 Å². The van der Waals surface area contributed by atoms with Gasteiger partial charge in [0.25, 0.3) is 0 Å². The lowest BCUT2D eigenvalue weighted by Crippen LogP contribution is -2.03. The highest BCUT2D eigenvalue weighted by molar-refractivity contribution is 6.08. The second kappa shape index (κ2) is 5.63. The Kier molecular flexibility index (Phi) is 3.42. The Bertz CT molecular complexity index is 1080. The van der Waals surface area contributed by atoms with Gasteiger partial charge in [-0.1, -0.05) is 18.2 Å². The third-order valence-corrected chi connectivity index (χ3v) is 4.57. The summed E-state index contributed by atoms with van der Waals surface area (Å²) in [5, 5.41) is 11.0. The molecule has 4 aromatic rings. The first-order chi connectivity index (χ1) is 12.0. The van der Waals surface area contributed by atoms with Gasteiger partial charge in [0, 0.05) is 28.2 Å². The number of para-hydroxylation sites is 1. The molecule has 0 fully saturated rings. The molecular formula is C20H17N3O2. The van der Waals surface area contributed by atoms with Gasteiger partial charge in [-0.05, 0) is 43.2 Å². The van der Waals surface area contributed by atoms with Gasteiger partial charge in [-0.15, -0.1) is 0 Å². The van der Waals surface area contributed by atoms with E-state index in [9.17, 15) is 9.90 Å². The Morgan fingerprint density at radius 3 is 2.76 bits per heavy atom. The van der Waals surface area contributed by atoms with Gasteiger partial charge in [-0.2, -0.15) is 0 Å². The van der Waals surface area contributed by atoms with Crippen LogP contribution in [0.1, 0.15) is 27.2 Å². The van der Waals surface area contributed by atoms with Crippen molar-refractivity contribution < 1.29 is 9.90 Å². The quantitative estimate of drug-likeness (QED) is 0.494. The molecule has 0 radical (unpaired) electrons. The topological polar surface area (TPSA) is 81.8 Å². The number of carbonyl (C=O) groups excluding carboxylic acids is 1. The summed E-state index contributed by atoms with van der Waals surface area (Å²) < 4.78 is 0. The van der Waals surface area contributed by atoms with E-state index in [0.29, 0.717) is 17.1 Å². The van der Waals surface area contributed by atoms with Crippen molar-refractivity contribution in [2.24, 2.45) is 0 Å². The third-order valence-electron chi connectivity index (χ3n) is 4.57. The fourth-order valence-electron chi connectivity index (χ4n) is 2.97. The SMILES string of the molecule is Cc1cc(C(=O)c2cnc(-c3c[nH]c4ccccc34)[nH]2)cc(O)c1C. The Morgan fingerprint density at radius 2 is 1.96 bits per heavy atom. The Labute approximate surface area is 144 Å². The molecule has 0 saturated carbocycles. The number of aromatic hydroxyl groups is 1. The maximum Gasteiger partial charge on any atom is 0.210 e. The van der Waals surface area contributed by atoms with Crippen LogP contribution in [0.4, 0.5) is 0 Å². The van der Waals surface area contributed by atoms with Crippen LogP contribution in [0.3, 0.4) is 0 Å². The predicted molar refractivity (Wildman–Crippen MR) is 96.9 cm³/mol. The maximum atomic E-state index is 12.7. The number of fused-ring (bicyclic) bond motifs is 1. The normalized spacial score (nSPS) is 11.1. The summed E-state index contributed by atoms with van der Waals surface area (Å²) in [7, 11) is 0. The van der Waals surface area contributed by atoms with Crippen molar-refractivity contribution in [1.82, 2.24) is 15.0 Å². The van der Waals surface area contributed by atoms with E-state index >= 15 is 0 Å². The number of hydrogen-bond acceptors (Lipinski definition) is 3. The number of hydrogen-bond donors (Lipinski definition) is 3. The molecule has 0 atom stereocenters. The van der Waals surface area contributed by atoms with E-state index in [0.717, 1.165) is 27.6 Å². The summed E-state index contributed by atoms with van der Waals surface area (Å²) in [6, 6.07) is 11.2. The number of phenols is 1. The van der Waals surface area contributed by atoms with Crippen molar-refractivity contribution in [3.05, 3.63) is 71.2 Å². The van der Waals surface area contributed by atoms with Crippen LogP contribution in [-0.4, -0.2) is 25.8 Å². The number of aromatic amines is 2. The third kappa shape index (κ3) is 2.50. The number of aryl methyl sites for hydroxylation is 1. The van der Waals surface area contributed by atoms with Crippen molar-refractivity contribution in [2.75, 3.05) is 0 Å². The second-order valence-electron chi connectivity index (χ2n) is 6.16. The molecule has 2 aromatic carbocycles. The van der Waals surface area contributed by atoms with E-state index in [-0.39, 0.29) is 11.5 Å². The maximum absolute atomic E-state index is 12.7. The van der Waals surface area contributed by atoms with Gasteiger partial charge >= 0.3 is 0 Å². The molecule has 0 aliphatic carbocycles. The molecule has 4 rings (SSSR count). The van der Waals surface area contributed by atoms with Crippen molar-refractivity contribution >= 4 is 16.7 Å². The van der Waals surface area contributed by atoms with E-state index in [1.165, 1.54) is 12.3 Å². The van der Waals surface area contributed by atoms with Crippen LogP contribution in [0, 0.1) is 13.8 Å². The lowest BCUT2D eigenvalue weighted by Gasteiger charge is -2.06. The number of nitrogens with one attached hydrogen (secondary N) is 2. The Balaban J connectivity index is 1.73. The van der Waals surface area contributed by atoms with Gasteiger partial charge in [0.1, 0.15) is 17.3 Å². The molecule has 0 amide bonds. The molecule has 25 heavy (non-hydrogen) atoms. The highest BCUT2D eigenvalue weighted by Crippen LogP contribution is 2.27. The summed E-state index contributed by atoms with van der Waals surface area (Å²) in [5.74, 6) is 0.561. The molecular weight excluding hydrogens is 314 g/mol. The molecule has 0 aliphatic rings. The number of benzene rings is 2. The number of nitrogens with zero attached hydrogens (tertiary/aromatic N) is 1. The zero-order valence-corrected chi connectivity index (χ0v) is 13.9. The van der Waals surface area contributed by atoms with Crippen LogP contribution in [0.25, 0.3) is 22.3 Å². The van der Waals surface area contributed by atoms with Crippen LogP contribution in [-0.2, 0) is 0 Å². The Hall–Kier alpha value is -3.34. The first-order valence-electron chi connectivity index (χ1n) is 8.01. The molecule has 5 heteroatoms. The number of imidazole rings is 1. The van der Waals surface area contributed by atoms with Crippen LogP contribution in [0.5, 0.6) is 5.75 Å². The number of phenolic OH excluding ortho intramolecular Hbond substituents is 1. The standard InChI is InChI=1S/C20H17N3O2/c1-11-7-13(8-18(24)12(11)2)19(25)17-10-22-20(23-17)15-9-21-16-6-4-3-5-14(15)16/h3-10,21,24H,1-2H3,(H,22,23). The molecule has 0 spiro atoms. The summed E-state index contributed by atoms with van der Waals surface area (Å²) >= 11 is 0. The highest BCUT2D eigenvalue weighted by atomic mass is 16.3. The summed E-state index contributed by atoms with van der Waals surface area (Å²) in [4.78, 5) is 23.4. The summed E-state index contributed by atoms with van der Waals surface area (Å²) in [6.45, 7) is 3.69. The van der Waals surface area contributed by atoms with E-state index in [1.54, 1.807) is 6.07 Å². The fraction of sp³-hybridized carbons (Fsp3) is 0.100.